The van der Waals surface area contributed by atoms with E-state index >= 15 is 0 Å². The van der Waals surface area contributed by atoms with E-state index in [1.807, 2.05) is 0 Å². The van der Waals surface area contributed by atoms with Crippen molar-refractivity contribution in [1.82, 2.24) is 20.6 Å². The van der Waals surface area contributed by atoms with Crippen LogP contribution in [0.25, 0.3) is 0 Å². The number of rotatable bonds is 18. The van der Waals surface area contributed by atoms with Crippen LogP contribution in [0.5, 0.6) is 10.4 Å². The molecular weight excluding hydrogens is 512 g/mol. The third kappa shape index (κ3) is 12.4. The first kappa shape index (κ1) is 29.6. The van der Waals surface area contributed by atoms with Crippen LogP contribution in [0.2, 0.25) is 0 Å². The van der Waals surface area contributed by atoms with Crippen LogP contribution in [0, 0.1) is 0 Å². The highest BCUT2D eigenvalue weighted by Gasteiger charge is 2.18. The van der Waals surface area contributed by atoms with Gasteiger partial charge in [0.25, 0.3) is 10.4 Å². The average Bonchev–Trinajstić information content (AvgIpc) is 3.60. The maximum atomic E-state index is 12.3. The second-order valence-electron chi connectivity index (χ2n) is 7.65. The summed E-state index contributed by atoms with van der Waals surface area (Å²) >= 11 is 2.60. The van der Waals surface area contributed by atoms with E-state index in [-0.39, 0.29) is 51.6 Å². The molecule has 200 valence electrons. The molecular formula is C22H32N4O8S2. The molecule has 0 spiro atoms. The van der Waals surface area contributed by atoms with Crippen molar-refractivity contribution in [3.63, 3.8) is 0 Å². The normalized spacial score (nSPS) is 14.7. The lowest BCUT2D eigenvalue weighted by atomic mass is 10.3. The minimum Gasteiger partial charge on any atom is -0.466 e. The molecule has 36 heavy (non-hydrogen) atoms. The molecule has 0 radical (unpaired) electrons. The fraction of sp³-hybridized carbons (Fsp3) is 0.545. The number of hydrogen-bond donors (Lipinski definition) is 4. The van der Waals surface area contributed by atoms with E-state index in [1.54, 1.807) is 37.0 Å². The van der Waals surface area contributed by atoms with Gasteiger partial charge >= 0.3 is 11.9 Å². The number of aliphatic hydroxyl groups is 2. The molecule has 12 nitrogen and oxygen atoms in total. The third-order valence-corrected chi connectivity index (χ3v) is 5.83. The van der Waals surface area contributed by atoms with Gasteiger partial charge in [0.1, 0.15) is 25.4 Å². The fourth-order valence-electron chi connectivity index (χ4n) is 2.50. The summed E-state index contributed by atoms with van der Waals surface area (Å²) in [6, 6.07) is -0.412. The van der Waals surface area contributed by atoms with Crippen molar-refractivity contribution in [2.45, 2.75) is 38.1 Å². The van der Waals surface area contributed by atoms with Crippen LogP contribution in [0.1, 0.15) is 13.8 Å². The van der Waals surface area contributed by atoms with Crippen molar-refractivity contribution in [3.8, 4) is 10.4 Å². The molecule has 0 aliphatic rings. The molecule has 2 rings (SSSR count). The predicted molar refractivity (Wildman–Crippen MR) is 133 cm³/mol. The van der Waals surface area contributed by atoms with Crippen molar-refractivity contribution in [3.05, 3.63) is 35.3 Å². The summed E-state index contributed by atoms with van der Waals surface area (Å²) in [5.41, 5.74) is 0. The number of thiazole rings is 2. The van der Waals surface area contributed by atoms with Crippen molar-refractivity contribution < 1.29 is 38.7 Å². The average molecular weight is 545 g/mol. The van der Waals surface area contributed by atoms with E-state index in [2.05, 4.69) is 20.6 Å². The lowest BCUT2D eigenvalue weighted by Crippen LogP contribution is -2.40. The number of carbonyl (C=O) groups is 2. The van der Waals surface area contributed by atoms with Gasteiger partial charge in [0.05, 0.1) is 13.2 Å². The Balaban J connectivity index is 1.88. The van der Waals surface area contributed by atoms with Crippen molar-refractivity contribution in [2.24, 2.45) is 0 Å². The van der Waals surface area contributed by atoms with Gasteiger partial charge in [0.15, 0.2) is 0 Å². The van der Waals surface area contributed by atoms with Gasteiger partial charge < -0.3 is 39.8 Å². The van der Waals surface area contributed by atoms with Gasteiger partial charge in [-0.15, -0.1) is 0 Å². The molecule has 2 heterocycles. The van der Waals surface area contributed by atoms with Gasteiger partial charge in [0.2, 0.25) is 0 Å². The van der Waals surface area contributed by atoms with Crippen LogP contribution in [0.4, 0.5) is 0 Å². The second-order valence-corrected chi connectivity index (χ2v) is 9.37. The molecule has 0 bridgehead atoms. The Bertz CT molecular complexity index is 826. The summed E-state index contributed by atoms with van der Waals surface area (Å²) in [5, 5.41) is 28.8. The number of aliphatic hydroxyl groups excluding tert-OH is 2. The van der Waals surface area contributed by atoms with Crippen LogP contribution in [-0.2, 0) is 19.1 Å². The highest BCUT2D eigenvalue weighted by atomic mass is 32.1. The fourth-order valence-corrected chi connectivity index (χ4v) is 3.49. The number of nitrogens with zero attached hydrogens (tertiary/aromatic N) is 2. The Morgan fingerprint density at radius 1 is 0.861 bits per heavy atom. The zero-order valence-electron chi connectivity index (χ0n) is 20.1. The standard InChI is InChI=1S/C22H32N4O8S2/c1-15(11-27)25-9-17(13-31-21-23-5-7-35-21)33-19(29)3-4-20(30)34-18(10-26-16(2)12-28)14-32-22-24-6-8-36-22/h3-8,15-18,25-28H,9-14H2,1-2H3/b4-3-. The van der Waals surface area contributed by atoms with E-state index < -0.39 is 24.1 Å². The van der Waals surface area contributed by atoms with E-state index in [0.29, 0.717) is 10.4 Å². The molecule has 0 amide bonds. The number of esters is 2. The number of nitrogens with one attached hydrogen (secondary N) is 2. The van der Waals surface area contributed by atoms with Gasteiger partial charge in [-0.05, 0) is 13.8 Å². The maximum absolute atomic E-state index is 12.3. The quantitative estimate of drug-likeness (QED) is 0.151. The Labute approximate surface area is 217 Å². The van der Waals surface area contributed by atoms with Gasteiger partial charge in [-0.25, -0.2) is 19.6 Å². The van der Waals surface area contributed by atoms with Crippen molar-refractivity contribution in [2.75, 3.05) is 39.5 Å². The van der Waals surface area contributed by atoms with Crippen molar-refractivity contribution in [1.29, 1.82) is 0 Å². The minimum atomic E-state index is -0.763. The molecule has 2 aromatic heterocycles. The van der Waals surface area contributed by atoms with Crippen molar-refractivity contribution >= 4 is 34.6 Å². The SMILES string of the molecule is CC(CO)NCC(COc1nccs1)OC(=O)/C=C\C(=O)OC(CNC(C)CO)COc1nccs1. The smallest absolute Gasteiger partial charge is 0.331 e. The molecule has 0 saturated carbocycles. The summed E-state index contributed by atoms with van der Waals surface area (Å²) < 4.78 is 21.9. The molecule has 14 heteroatoms. The molecule has 0 fully saturated rings. The summed E-state index contributed by atoms with van der Waals surface area (Å²) in [6.07, 6.45) is 3.74. The van der Waals surface area contributed by atoms with E-state index in [0.717, 1.165) is 12.2 Å². The highest BCUT2D eigenvalue weighted by molar-refractivity contribution is 7.11. The topological polar surface area (TPSA) is 161 Å². The highest BCUT2D eigenvalue weighted by Crippen LogP contribution is 2.15. The Morgan fingerprint density at radius 2 is 1.28 bits per heavy atom. The molecule has 0 saturated heterocycles. The zero-order valence-corrected chi connectivity index (χ0v) is 21.7. The number of hydrogen-bond acceptors (Lipinski definition) is 14. The lowest BCUT2D eigenvalue weighted by Gasteiger charge is -2.20. The van der Waals surface area contributed by atoms with Crippen LogP contribution in [-0.4, -0.2) is 95.9 Å². The number of aromatic nitrogens is 2. The second kappa shape index (κ2) is 16.9. The lowest BCUT2D eigenvalue weighted by molar-refractivity contribution is -0.147. The van der Waals surface area contributed by atoms with Crippen LogP contribution in [0.3, 0.4) is 0 Å². The largest absolute Gasteiger partial charge is 0.466 e. The summed E-state index contributed by atoms with van der Waals surface area (Å²) in [5.74, 6) is -1.53. The Morgan fingerprint density at radius 3 is 1.61 bits per heavy atom. The monoisotopic (exact) mass is 544 g/mol. The van der Waals surface area contributed by atoms with Crippen LogP contribution < -0.4 is 20.1 Å². The summed E-state index contributed by atoms with van der Waals surface area (Å²) in [7, 11) is 0. The first-order valence-electron chi connectivity index (χ1n) is 11.2. The van der Waals surface area contributed by atoms with Gasteiger partial charge in [-0.3, -0.25) is 0 Å². The summed E-state index contributed by atoms with van der Waals surface area (Å²) in [6.45, 7) is 3.91. The molecule has 4 N–H and O–H groups in total. The first-order chi connectivity index (χ1) is 17.4. The predicted octanol–water partition coefficient (Wildman–Crippen LogP) is 0.378. The van der Waals surface area contributed by atoms with Crippen LogP contribution in [0.15, 0.2) is 35.3 Å². The number of ether oxygens (including phenoxy) is 4. The van der Waals surface area contributed by atoms with Gasteiger partial charge in [-0.2, -0.15) is 0 Å². The minimum absolute atomic E-state index is 0.0353. The molecule has 0 aromatic carbocycles. The molecule has 2 aromatic rings. The molecule has 0 aliphatic heterocycles. The Hall–Kier alpha value is -2.62. The summed E-state index contributed by atoms with van der Waals surface area (Å²) in [4.78, 5) is 32.7. The molecule has 4 unspecified atom stereocenters. The third-order valence-electron chi connectivity index (χ3n) is 4.46. The maximum Gasteiger partial charge on any atom is 0.331 e. The molecule has 4 atom stereocenters. The van der Waals surface area contributed by atoms with E-state index in [9.17, 15) is 19.8 Å². The van der Waals surface area contributed by atoms with Crippen LogP contribution >= 0.6 is 22.7 Å². The zero-order chi connectivity index (χ0) is 26.2. The van der Waals surface area contributed by atoms with E-state index in [4.69, 9.17) is 18.9 Å². The first-order valence-corrected chi connectivity index (χ1v) is 13.0. The number of carbonyl (C=O) groups excluding carboxylic acids is 2. The molecule has 0 aliphatic carbocycles. The Kier molecular flexibility index (Phi) is 13.9. The van der Waals surface area contributed by atoms with Gasteiger partial charge in [-0.1, -0.05) is 22.7 Å². The van der Waals surface area contributed by atoms with Gasteiger partial charge in [0, 0.05) is 60.5 Å². The van der Waals surface area contributed by atoms with E-state index in [1.165, 1.54) is 22.7 Å².